The van der Waals surface area contributed by atoms with Crippen LogP contribution in [-0.4, -0.2) is 23.0 Å². The molecule has 0 spiro atoms. The molecular weight excluding hydrogens is 569 g/mol. The Morgan fingerprint density at radius 3 is 2.44 bits per heavy atom. The molecular formula is C25H18BrClFN5O2S. The second-order valence-corrected chi connectivity index (χ2v) is 10.8. The van der Waals surface area contributed by atoms with Gasteiger partial charge in [-0.25, -0.2) is 17.8 Å². The number of hydrogen-bond donors (Lipinski definition) is 2. The molecule has 0 aliphatic carbocycles. The lowest BCUT2D eigenvalue weighted by atomic mass is 10.1. The van der Waals surface area contributed by atoms with Crippen molar-refractivity contribution in [1.29, 1.82) is 0 Å². The number of halogens is 3. The number of aromatic nitrogens is 3. The number of benzene rings is 3. The minimum atomic E-state index is -3.82. The van der Waals surface area contributed by atoms with Crippen molar-refractivity contribution >= 4 is 54.7 Å². The number of fused-ring (bicyclic) bond motifs is 1. The van der Waals surface area contributed by atoms with E-state index in [1.165, 1.54) is 12.1 Å². The van der Waals surface area contributed by atoms with Gasteiger partial charge in [-0.2, -0.15) is 9.61 Å². The lowest BCUT2D eigenvalue weighted by Gasteiger charge is -2.12. The van der Waals surface area contributed by atoms with Gasteiger partial charge in [0.1, 0.15) is 11.6 Å². The Balaban J connectivity index is 1.35. The third-order valence-electron chi connectivity index (χ3n) is 5.38. The highest BCUT2D eigenvalue weighted by Crippen LogP contribution is 2.30. The van der Waals surface area contributed by atoms with Gasteiger partial charge in [0.25, 0.3) is 10.0 Å². The van der Waals surface area contributed by atoms with Gasteiger partial charge in [0, 0.05) is 28.9 Å². The summed E-state index contributed by atoms with van der Waals surface area (Å²) in [5.41, 5.74) is 3.44. The first kappa shape index (κ1) is 24.2. The summed E-state index contributed by atoms with van der Waals surface area (Å²) in [5, 5.41) is 8.35. The van der Waals surface area contributed by atoms with E-state index >= 15 is 0 Å². The van der Waals surface area contributed by atoms with Crippen LogP contribution in [0.5, 0.6) is 0 Å². The molecule has 5 rings (SSSR count). The third kappa shape index (κ3) is 5.06. The fraction of sp³-hybridized carbons (Fsp3) is 0.0400. The van der Waals surface area contributed by atoms with Gasteiger partial charge >= 0.3 is 0 Å². The largest absolute Gasteiger partial charge is 0.366 e. The van der Waals surface area contributed by atoms with E-state index in [1.807, 2.05) is 42.5 Å². The van der Waals surface area contributed by atoms with Crippen LogP contribution < -0.4 is 10.0 Å². The van der Waals surface area contributed by atoms with Crippen LogP contribution >= 0.6 is 27.5 Å². The number of rotatable bonds is 7. The van der Waals surface area contributed by atoms with Gasteiger partial charge in [0.15, 0.2) is 5.65 Å². The van der Waals surface area contributed by atoms with E-state index in [9.17, 15) is 12.8 Å². The molecule has 0 atom stereocenters. The van der Waals surface area contributed by atoms with E-state index in [-0.39, 0.29) is 4.90 Å². The number of hydrogen-bond acceptors (Lipinski definition) is 5. The van der Waals surface area contributed by atoms with Crippen LogP contribution in [0.1, 0.15) is 5.56 Å². The second kappa shape index (κ2) is 9.88. The second-order valence-electron chi connectivity index (χ2n) is 7.84. The molecule has 0 saturated heterocycles. The van der Waals surface area contributed by atoms with Crippen molar-refractivity contribution in [2.75, 3.05) is 10.0 Å². The molecule has 0 amide bonds. The van der Waals surface area contributed by atoms with Crippen molar-refractivity contribution in [3.8, 4) is 11.3 Å². The van der Waals surface area contributed by atoms with Gasteiger partial charge in [-0.15, -0.1) is 0 Å². The van der Waals surface area contributed by atoms with Crippen LogP contribution in [0.3, 0.4) is 0 Å². The summed E-state index contributed by atoms with van der Waals surface area (Å²) >= 11 is 9.89. The Morgan fingerprint density at radius 1 is 1.00 bits per heavy atom. The summed E-state index contributed by atoms with van der Waals surface area (Å²) in [5.74, 6) is 0.209. The molecule has 36 heavy (non-hydrogen) atoms. The number of nitrogens with zero attached hydrogens (tertiary/aromatic N) is 3. The Kier molecular flexibility index (Phi) is 6.65. The lowest BCUT2D eigenvalue weighted by Crippen LogP contribution is -2.13. The summed E-state index contributed by atoms with van der Waals surface area (Å²) in [6.45, 7) is 0.448. The van der Waals surface area contributed by atoms with E-state index in [0.717, 1.165) is 27.7 Å². The van der Waals surface area contributed by atoms with E-state index in [4.69, 9.17) is 16.6 Å². The molecule has 2 heterocycles. The van der Waals surface area contributed by atoms with E-state index in [1.54, 1.807) is 22.8 Å². The molecule has 0 bridgehead atoms. The van der Waals surface area contributed by atoms with Crippen molar-refractivity contribution < 1.29 is 12.8 Å². The van der Waals surface area contributed by atoms with Crippen LogP contribution in [0.4, 0.5) is 15.9 Å². The molecule has 2 aromatic heterocycles. The van der Waals surface area contributed by atoms with Crippen LogP contribution in [0.15, 0.2) is 94.4 Å². The molecule has 182 valence electrons. The zero-order chi connectivity index (χ0) is 25.3. The molecule has 0 aliphatic heterocycles. The number of anilines is 2. The minimum absolute atomic E-state index is 0.0175. The van der Waals surface area contributed by atoms with Crippen LogP contribution in [0.25, 0.3) is 16.9 Å². The minimum Gasteiger partial charge on any atom is -0.366 e. The van der Waals surface area contributed by atoms with Gasteiger partial charge in [0.2, 0.25) is 0 Å². The SMILES string of the molecule is O=S(=O)(Nc1ccc(CNc2cc(-c3ccccc3Cl)nc3c(Br)cnn23)cc1)c1ccc(F)cc1. The normalized spacial score (nSPS) is 11.5. The first-order valence-corrected chi connectivity index (χ1v) is 13.4. The van der Waals surface area contributed by atoms with E-state index in [0.29, 0.717) is 34.4 Å². The summed E-state index contributed by atoms with van der Waals surface area (Å²) in [4.78, 5) is 4.68. The van der Waals surface area contributed by atoms with Crippen molar-refractivity contribution in [2.24, 2.45) is 0 Å². The highest BCUT2D eigenvalue weighted by molar-refractivity contribution is 9.10. The van der Waals surface area contributed by atoms with Crippen LogP contribution in [0, 0.1) is 5.82 Å². The lowest BCUT2D eigenvalue weighted by molar-refractivity contribution is 0.599. The van der Waals surface area contributed by atoms with Crippen molar-refractivity contribution in [2.45, 2.75) is 11.4 Å². The predicted molar refractivity (Wildman–Crippen MR) is 142 cm³/mol. The molecule has 0 radical (unpaired) electrons. The van der Waals surface area contributed by atoms with Crippen LogP contribution in [0.2, 0.25) is 5.02 Å². The van der Waals surface area contributed by atoms with Crippen molar-refractivity contribution in [3.05, 3.63) is 106 Å². The highest BCUT2D eigenvalue weighted by atomic mass is 79.9. The maximum Gasteiger partial charge on any atom is 0.261 e. The average Bonchev–Trinajstić information content (AvgIpc) is 3.24. The maximum atomic E-state index is 13.1. The zero-order valence-corrected chi connectivity index (χ0v) is 21.6. The molecule has 11 heteroatoms. The molecule has 2 N–H and O–H groups in total. The molecule has 0 saturated carbocycles. The van der Waals surface area contributed by atoms with Gasteiger partial charge in [-0.3, -0.25) is 4.72 Å². The standard InChI is InChI=1S/C25H18BrClFN5O2S/c26-21-15-30-33-24(13-23(31-25(21)33)20-3-1-2-4-22(20)27)29-14-16-5-9-18(10-6-16)32-36(34,35)19-11-7-17(28)8-12-19/h1-13,15,29,32H,14H2. The fourth-order valence-corrected chi connectivity index (χ4v) is 5.22. The fourth-order valence-electron chi connectivity index (χ4n) is 3.58. The molecule has 5 aromatic rings. The van der Waals surface area contributed by atoms with E-state index in [2.05, 4.69) is 31.1 Å². The summed E-state index contributed by atoms with van der Waals surface area (Å²) in [7, 11) is -3.82. The van der Waals surface area contributed by atoms with Crippen LogP contribution in [-0.2, 0) is 16.6 Å². The van der Waals surface area contributed by atoms with Gasteiger partial charge in [-0.05, 0) is 64.0 Å². The Hall–Kier alpha value is -3.47. The average molecular weight is 587 g/mol. The Bertz CT molecular complexity index is 1660. The Labute approximate surface area is 220 Å². The molecule has 0 unspecified atom stereocenters. The first-order valence-electron chi connectivity index (χ1n) is 10.7. The third-order valence-corrected chi connectivity index (χ3v) is 7.67. The first-order chi connectivity index (χ1) is 17.3. The highest BCUT2D eigenvalue weighted by Gasteiger charge is 2.15. The van der Waals surface area contributed by atoms with Gasteiger partial charge in [-0.1, -0.05) is 41.9 Å². The summed E-state index contributed by atoms with van der Waals surface area (Å²) in [6.07, 6.45) is 1.67. The topological polar surface area (TPSA) is 88.4 Å². The van der Waals surface area contributed by atoms with Crippen molar-refractivity contribution in [1.82, 2.24) is 14.6 Å². The quantitative estimate of drug-likeness (QED) is 0.232. The van der Waals surface area contributed by atoms with Gasteiger partial charge < -0.3 is 5.32 Å². The van der Waals surface area contributed by atoms with Crippen molar-refractivity contribution in [3.63, 3.8) is 0 Å². The molecule has 3 aromatic carbocycles. The zero-order valence-electron chi connectivity index (χ0n) is 18.5. The summed E-state index contributed by atoms with van der Waals surface area (Å²) < 4.78 is 43.1. The smallest absolute Gasteiger partial charge is 0.261 e. The van der Waals surface area contributed by atoms with E-state index < -0.39 is 15.8 Å². The molecule has 0 aliphatic rings. The molecule has 7 nitrogen and oxygen atoms in total. The Morgan fingerprint density at radius 2 is 1.72 bits per heavy atom. The monoisotopic (exact) mass is 585 g/mol. The maximum absolute atomic E-state index is 13.1. The number of sulfonamides is 1. The predicted octanol–water partition coefficient (Wildman–Crippen LogP) is 6.36. The number of nitrogens with one attached hydrogen (secondary N) is 2. The van der Waals surface area contributed by atoms with Gasteiger partial charge in [0.05, 0.1) is 21.3 Å². The molecule has 0 fully saturated rings. The summed E-state index contributed by atoms with van der Waals surface area (Å²) in [6, 6.07) is 20.9.